The van der Waals surface area contributed by atoms with E-state index in [1.54, 1.807) is 4.68 Å². The van der Waals surface area contributed by atoms with E-state index in [4.69, 9.17) is 0 Å². The molecule has 0 amide bonds. The maximum atomic E-state index is 4.53. The Morgan fingerprint density at radius 3 is 2.72 bits per heavy atom. The number of nitrogens with one attached hydrogen (secondary N) is 1. The highest BCUT2D eigenvalue weighted by Crippen LogP contribution is 2.19. The summed E-state index contributed by atoms with van der Waals surface area (Å²) in [4.78, 5) is 4.53. The molecule has 18 heavy (non-hydrogen) atoms. The van der Waals surface area contributed by atoms with Crippen LogP contribution in [-0.4, -0.2) is 27.0 Å². The molecule has 2 aromatic rings. The third-order valence-corrected chi connectivity index (χ3v) is 3.00. The van der Waals surface area contributed by atoms with Crippen molar-refractivity contribution in [3.05, 3.63) is 41.0 Å². The largest absolute Gasteiger partial charge is 0.311 e. The number of likely N-dealkylation sites (N-methyl/N-ethyl adjacent to an activating group) is 1. The second-order valence-electron chi connectivity index (χ2n) is 4.64. The van der Waals surface area contributed by atoms with Crippen molar-refractivity contribution in [3.63, 3.8) is 0 Å². The van der Waals surface area contributed by atoms with Gasteiger partial charge in [0, 0.05) is 25.9 Å². The van der Waals surface area contributed by atoms with E-state index in [0.29, 0.717) is 0 Å². The van der Waals surface area contributed by atoms with Crippen LogP contribution in [0.1, 0.15) is 28.6 Å². The maximum Gasteiger partial charge on any atom is 0.0846 e. The summed E-state index contributed by atoms with van der Waals surface area (Å²) in [6.07, 6.45) is 4.64. The van der Waals surface area contributed by atoms with E-state index in [1.165, 1.54) is 11.1 Å². The quantitative estimate of drug-likeness (QED) is 0.883. The van der Waals surface area contributed by atoms with Crippen LogP contribution < -0.4 is 5.32 Å². The molecule has 5 nitrogen and oxygen atoms in total. The fraction of sp³-hybridized carbons (Fsp3) is 0.462. The predicted octanol–water partition coefficient (Wildman–Crippen LogP) is 1.33. The van der Waals surface area contributed by atoms with Crippen molar-refractivity contribution in [2.24, 2.45) is 7.05 Å². The second-order valence-corrected chi connectivity index (χ2v) is 4.64. The Kier molecular flexibility index (Phi) is 3.72. The highest BCUT2D eigenvalue weighted by Gasteiger charge is 2.15. The zero-order chi connectivity index (χ0) is 13.1. The van der Waals surface area contributed by atoms with Crippen LogP contribution in [0.25, 0.3) is 0 Å². The Hall–Kier alpha value is -1.75. The molecule has 5 heteroatoms. The Morgan fingerprint density at radius 2 is 2.17 bits per heavy atom. The first-order chi connectivity index (χ1) is 8.60. The van der Waals surface area contributed by atoms with E-state index in [0.717, 1.165) is 17.8 Å². The standard InChI is InChI=1S/C13H19N5/c1-9-5-10(2)13(15-7-9)12(14-3)6-11-8-18(4)17-16-11/h5,7-8,12,14H,6H2,1-4H3. The number of aromatic nitrogens is 4. The first-order valence-electron chi connectivity index (χ1n) is 6.05. The third-order valence-electron chi connectivity index (χ3n) is 3.00. The number of rotatable bonds is 4. The molecule has 2 aromatic heterocycles. The molecule has 0 saturated heterocycles. The van der Waals surface area contributed by atoms with Gasteiger partial charge >= 0.3 is 0 Å². The summed E-state index contributed by atoms with van der Waals surface area (Å²) in [5.74, 6) is 0. The van der Waals surface area contributed by atoms with Gasteiger partial charge in [-0.25, -0.2) is 0 Å². The number of nitrogens with zero attached hydrogens (tertiary/aromatic N) is 4. The minimum absolute atomic E-state index is 0.169. The molecular formula is C13H19N5. The Balaban J connectivity index is 2.22. The topological polar surface area (TPSA) is 55.6 Å². The lowest BCUT2D eigenvalue weighted by atomic mass is 10.0. The number of hydrogen-bond donors (Lipinski definition) is 1. The van der Waals surface area contributed by atoms with Crippen molar-refractivity contribution in [2.45, 2.75) is 26.3 Å². The Labute approximate surface area is 107 Å². The average Bonchev–Trinajstić information content (AvgIpc) is 2.72. The monoisotopic (exact) mass is 245 g/mol. The number of hydrogen-bond acceptors (Lipinski definition) is 4. The molecule has 0 spiro atoms. The highest BCUT2D eigenvalue weighted by molar-refractivity contribution is 5.26. The molecular weight excluding hydrogens is 226 g/mol. The van der Waals surface area contributed by atoms with Gasteiger partial charge in [-0.3, -0.25) is 9.67 Å². The summed E-state index contributed by atoms with van der Waals surface area (Å²) in [5.41, 5.74) is 4.44. The lowest BCUT2D eigenvalue weighted by Gasteiger charge is -2.16. The zero-order valence-corrected chi connectivity index (χ0v) is 11.3. The summed E-state index contributed by atoms with van der Waals surface area (Å²) < 4.78 is 1.72. The molecule has 0 radical (unpaired) electrons. The van der Waals surface area contributed by atoms with Gasteiger partial charge in [0.1, 0.15) is 0 Å². The van der Waals surface area contributed by atoms with Gasteiger partial charge in [0.15, 0.2) is 0 Å². The smallest absolute Gasteiger partial charge is 0.0846 e. The molecule has 0 aliphatic carbocycles. The van der Waals surface area contributed by atoms with Crippen LogP contribution in [0.3, 0.4) is 0 Å². The van der Waals surface area contributed by atoms with Crippen LogP contribution in [0.15, 0.2) is 18.5 Å². The van der Waals surface area contributed by atoms with E-state index in [2.05, 4.69) is 40.5 Å². The Morgan fingerprint density at radius 1 is 1.39 bits per heavy atom. The first kappa shape index (κ1) is 12.7. The summed E-state index contributed by atoms with van der Waals surface area (Å²) >= 11 is 0. The van der Waals surface area contributed by atoms with Crippen LogP contribution in [0.2, 0.25) is 0 Å². The molecule has 2 rings (SSSR count). The predicted molar refractivity (Wildman–Crippen MR) is 70.2 cm³/mol. The van der Waals surface area contributed by atoms with Gasteiger partial charge in [-0.2, -0.15) is 0 Å². The lowest BCUT2D eigenvalue weighted by Crippen LogP contribution is -2.21. The highest BCUT2D eigenvalue weighted by atomic mass is 15.4. The molecule has 96 valence electrons. The van der Waals surface area contributed by atoms with Crippen LogP contribution in [0.5, 0.6) is 0 Å². The maximum absolute atomic E-state index is 4.53. The minimum Gasteiger partial charge on any atom is -0.311 e. The fourth-order valence-corrected chi connectivity index (χ4v) is 2.12. The number of aryl methyl sites for hydroxylation is 3. The van der Waals surface area contributed by atoms with Gasteiger partial charge in [-0.1, -0.05) is 11.3 Å². The SMILES string of the molecule is CNC(Cc1cn(C)nn1)c1ncc(C)cc1C. The van der Waals surface area contributed by atoms with Gasteiger partial charge in [0.05, 0.1) is 17.4 Å². The average molecular weight is 245 g/mol. The van der Waals surface area contributed by atoms with Gasteiger partial charge in [-0.15, -0.1) is 5.10 Å². The van der Waals surface area contributed by atoms with Gasteiger partial charge < -0.3 is 5.32 Å². The molecule has 0 aliphatic rings. The molecule has 0 saturated carbocycles. The van der Waals surface area contributed by atoms with Crippen LogP contribution in [0, 0.1) is 13.8 Å². The minimum atomic E-state index is 0.169. The van der Waals surface area contributed by atoms with Crippen molar-refractivity contribution in [3.8, 4) is 0 Å². The van der Waals surface area contributed by atoms with Crippen molar-refractivity contribution in [1.82, 2.24) is 25.3 Å². The normalized spacial score (nSPS) is 12.7. The zero-order valence-electron chi connectivity index (χ0n) is 11.3. The van der Waals surface area contributed by atoms with Gasteiger partial charge in [-0.05, 0) is 32.0 Å². The van der Waals surface area contributed by atoms with Crippen LogP contribution in [0.4, 0.5) is 0 Å². The van der Waals surface area contributed by atoms with Crippen molar-refractivity contribution in [2.75, 3.05) is 7.05 Å². The van der Waals surface area contributed by atoms with Gasteiger partial charge in [0.2, 0.25) is 0 Å². The van der Waals surface area contributed by atoms with Crippen molar-refractivity contribution < 1.29 is 0 Å². The van der Waals surface area contributed by atoms with Gasteiger partial charge in [0.25, 0.3) is 0 Å². The summed E-state index contributed by atoms with van der Waals surface area (Å²) in [7, 11) is 3.82. The molecule has 0 aromatic carbocycles. The molecule has 0 aliphatic heterocycles. The number of pyridine rings is 1. The van der Waals surface area contributed by atoms with Crippen molar-refractivity contribution in [1.29, 1.82) is 0 Å². The molecule has 1 N–H and O–H groups in total. The molecule has 2 heterocycles. The van der Waals surface area contributed by atoms with Crippen LogP contribution >= 0.6 is 0 Å². The third kappa shape index (κ3) is 2.73. The van der Waals surface area contributed by atoms with Crippen molar-refractivity contribution >= 4 is 0 Å². The second kappa shape index (κ2) is 5.27. The summed E-state index contributed by atoms with van der Waals surface area (Å²) in [5, 5.41) is 11.4. The summed E-state index contributed by atoms with van der Waals surface area (Å²) in [6, 6.07) is 2.32. The lowest BCUT2D eigenvalue weighted by molar-refractivity contribution is 0.564. The van der Waals surface area contributed by atoms with Crippen LogP contribution in [-0.2, 0) is 13.5 Å². The molecule has 0 fully saturated rings. The molecule has 0 bridgehead atoms. The molecule has 1 atom stereocenters. The summed E-state index contributed by atoms with van der Waals surface area (Å²) in [6.45, 7) is 4.15. The van der Waals surface area contributed by atoms with E-state index in [9.17, 15) is 0 Å². The Bertz CT molecular complexity index is 532. The van der Waals surface area contributed by atoms with E-state index in [-0.39, 0.29) is 6.04 Å². The van der Waals surface area contributed by atoms with E-state index >= 15 is 0 Å². The fourth-order valence-electron chi connectivity index (χ4n) is 2.12. The van der Waals surface area contributed by atoms with E-state index < -0.39 is 0 Å². The molecule has 1 unspecified atom stereocenters. The first-order valence-corrected chi connectivity index (χ1v) is 6.05. The van der Waals surface area contributed by atoms with E-state index in [1.807, 2.05) is 26.5 Å².